The minimum atomic E-state index is -2.80. The Morgan fingerprint density at radius 1 is 0.262 bits per heavy atom. The van der Waals surface area contributed by atoms with Crippen LogP contribution in [-0.4, -0.2) is 51.7 Å². The smallest absolute Gasteiger partial charge is 0.200 e. The van der Waals surface area contributed by atoms with Crippen molar-refractivity contribution in [1.82, 2.24) is 0 Å². The first-order chi connectivity index (χ1) is 28.8. The van der Waals surface area contributed by atoms with Crippen LogP contribution in [-0.2, 0) is 35.4 Å². The molecule has 0 aromatic rings. The molecule has 0 radical (unpaired) electrons. The van der Waals surface area contributed by atoms with E-state index in [2.05, 4.69) is 41.5 Å². The monoisotopic (exact) mass is 962 g/mol. The zero-order valence-electron chi connectivity index (χ0n) is 42.7. The minimum Gasteiger partial charge on any atom is -0.344 e. The van der Waals surface area contributed by atoms with Crippen molar-refractivity contribution in [2.45, 2.75) is 287 Å². The molecule has 0 aliphatic heterocycles. The van der Waals surface area contributed by atoms with E-state index in [0.717, 1.165) is 77.0 Å². The van der Waals surface area contributed by atoms with Gasteiger partial charge in [-0.15, -0.1) is 0 Å². The zero-order chi connectivity index (χ0) is 45.9. The Kier molecular flexibility index (Phi) is 67.1. The van der Waals surface area contributed by atoms with Gasteiger partial charge in [0.1, 0.15) is 0 Å². The van der Waals surface area contributed by atoms with Crippen LogP contribution in [0.5, 0.6) is 0 Å². The van der Waals surface area contributed by atoms with Gasteiger partial charge in [-0.25, -0.2) is 0 Å². The van der Waals surface area contributed by atoms with E-state index in [4.69, 9.17) is 0 Å². The molecule has 0 fully saturated rings. The Balaban J connectivity index is -0.000000246. The van der Waals surface area contributed by atoms with E-state index in [0.29, 0.717) is 37.0 Å². The second kappa shape index (κ2) is 57.4. The van der Waals surface area contributed by atoms with Gasteiger partial charge in [0.25, 0.3) is 0 Å². The van der Waals surface area contributed by atoms with Crippen LogP contribution in [0.1, 0.15) is 287 Å². The largest absolute Gasteiger partial charge is 0.344 e. The molecule has 0 spiro atoms. The van der Waals surface area contributed by atoms with Gasteiger partial charge < -0.3 is 21.1 Å². The molecule has 0 amide bonds. The third kappa shape index (κ3) is 70.5. The van der Waals surface area contributed by atoms with Crippen molar-refractivity contribution in [2.24, 2.45) is 0 Å². The van der Waals surface area contributed by atoms with Crippen molar-refractivity contribution in [3.63, 3.8) is 0 Å². The van der Waals surface area contributed by atoms with Gasteiger partial charge in [0.05, 0.1) is 0 Å². The average molecular weight is 962 g/mol. The molecule has 6 nitrogen and oxygen atoms in total. The first kappa shape index (κ1) is 71.3. The van der Waals surface area contributed by atoms with Crippen LogP contribution in [0.15, 0.2) is 0 Å². The summed E-state index contributed by atoms with van der Waals surface area (Å²) in [6.07, 6.45) is 48.1. The normalized spacial score (nSPS) is 11.5. The second-order valence-corrected chi connectivity index (χ2v) is 25.8. The summed E-state index contributed by atoms with van der Waals surface area (Å²) in [5.41, 5.74) is 0. The zero-order valence-corrected chi connectivity index (χ0v) is 46.9. The van der Waals surface area contributed by atoms with Gasteiger partial charge in [0.15, 0.2) is 0 Å². The fourth-order valence-electron chi connectivity index (χ4n) is 7.17. The summed E-state index contributed by atoms with van der Waals surface area (Å²) in [4.78, 5) is 29.6. The fraction of sp³-hybridized carbons (Fsp3) is 0.980. The molecule has 3 N–H and O–H groups in total. The van der Waals surface area contributed by atoms with Crippen LogP contribution in [0.25, 0.3) is 0 Å². The Labute approximate surface area is 400 Å². The number of unbranched alkanes of at least 4 members (excludes halogenated alkanes) is 30. The van der Waals surface area contributed by atoms with Crippen molar-refractivity contribution < 1.29 is 50.1 Å². The first-order valence-corrected chi connectivity index (χ1v) is 32.5. The van der Waals surface area contributed by atoms with Crippen molar-refractivity contribution in [1.29, 1.82) is 0 Å². The summed E-state index contributed by atoms with van der Waals surface area (Å²) in [5.74, 6) is 0. The van der Waals surface area contributed by atoms with Crippen LogP contribution < -0.4 is 0 Å². The minimum absolute atomic E-state index is 0. The second-order valence-electron chi connectivity index (χ2n) is 18.1. The summed E-state index contributed by atoms with van der Waals surface area (Å²) in [6, 6.07) is 0. The third-order valence-electron chi connectivity index (χ3n) is 11.2. The van der Waals surface area contributed by atoms with E-state index in [1.54, 1.807) is 0 Å². The van der Waals surface area contributed by atoms with Gasteiger partial charge in [-0.05, 0) is 38.5 Å². The summed E-state index contributed by atoms with van der Waals surface area (Å²) < 4.78 is 35.8. The van der Waals surface area contributed by atoms with Gasteiger partial charge >= 0.3 is 0 Å². The number of rotatable bonds is 42. The van der Waals surface area contributed by atoms with Crippen molar-refractivity contribution >= 4 is 22.1 Å². The van der Waals surface area contributed by atoms with Crippen LogP contribution in [0, 0.1) is 6.42 Å². The molecule has 0 atom stereocenters. The molecule has 0 saturated carbocycles. The Morgan fingerprint density at radius 3 is 0.475 bits per heavy atom. The van der Waals surface area contributed by atoms with Crippen molar-refractivity contribution in [2.75, 3.05) is 37.0 Å². The summed E-state index contributed by atoms with van der Waals surface area (Å²) in [6.45, 7) is 17.3. The molecule has 0 rings (SSSR count). The van der Waals surface area contributed by atoms with Crippen LogP contribution in [0.2, 0.25) is 0 Å². The maximum atomic E-state index is 11.9. The molecule has 0 aromatic heterocycles. The molecular formula is C51H112O6P3Ti-. The predicted octanol–water partition coefficient (Wildman–Crippen LogP) is 19.2. The van der Waals surface area contributed by atoms with E-state index in [-0.39, 0.29) is 21.7 Å². The summed E-state index contributed by atoms with van der Waals surface area (Å²) in [7, 11) is -8.41. The van der Waals surface area contributed by atoms with E-state index >= 15 is 0 Å². The van der Waals surface area contributed by atoms with E-state index in [9.17, 15) is 28.4 Å². The molecule has 0 aliphatic rings. The van der Waals surface area contributed by atoms with Crippen LogP contribution in [0.4, 0.5) is 0 Å². The van der Waals surface area contributed by atoms with E-state index < -0.39 is 22.1 Å². The van der Waals surface area contributed by atoms with Crippen LogP contribution >= 0.6 is 22.1 Å². The van der Waals surface area contributed by atoms with Gasteiger partial charge in [0.2, 0.25) is 22.1 Å². The molecule has 0 heterocycles. The molecule has 61 heavy (non-hydrogen) atoms. The van der Waals surface area contributed by atoms with Gasteiger partial charge in [-0.1, -0.05) is 234 Å². The molecule has 0 saturated heterocycles. The number of hydrogen-bond acceptors (Lipinski definition) is 3. The predicted molar refractivity (Wildman–Crippen MR) is 275 cm³/mol. The van der Waals surface area contributed by atoms with E-state index in [1.165, 1.54) is 154 Å². The molecule has 0 aliphatic carbocycles. The number of hydrogen-bond donors (Lipinski definition) is 3. The molecule has 372 valence electrons. The molecule has 0 aromatic carbocycles. The maximum Gasteiger partial charge on any atom is 0.200 e. The quantitative estimate of drug-likeness (QED) is 0.0243. The first-order valence-electron chi connectivity index (χ1n) is 26.4. The SMILES string of the molecule is CCCCCCCCP(=O)(O)CCCCCCCC.CCCCCCCCP(=O)(O)CCCCCCCC.CCCCCCCCP(=O)(O)CCCCCCCC.C[CH-]C.[Ti]. The van der Waals surface area contributed by atoms with E-state index in [1.807, 2.05) is 20.3 Å². The Bertz CT molecular complexity index is 764. The summed E-state index contributed by atoms with van der Waals surface area (Å²) >= 11 is 0. The standard InChI is InChI=1S/3C16H35O2P.C3H7.Ti/c3*1-3-5-7-9-11-13-15-19(17,18)16-14-12-10-8-6-4-2;1-3-2;/h3*3-16H2,1-2H3,(H,17,18);3H,1-2H3;/q;;;-1;. The fourth-order valence-corrected chi connectivity index (χ4v) is 12.1. The summed E-state index contributed by atoms with van der Waals surface area (Å²) in [5, 5.41) is 0. The Hall–Kier alpha value is 1.28. The molecule has 0 bridgehead atoms. The van der Waals surface area contributed by atoms with Crippen molar-refractivity contribution in [3.05, 3.63) is 6.42 Å². The van der Waals surface area contributed by atoms with Gasteiger partial charge in [-0.3, -0.25) is 13.7 Å². The molecular weight excluding hydrogens is 849 g/mol. The van der Waals surface area contributed by atoms with Crippen molar-refractivity contribution in [3.8, 4) is 0 Å². The third-order valence-corrected chi connectivity index (χ3v) is 17.3. The maximum absolute atomic E-state index is 11.9. The van der Waals surface area contributed by atoms with Crippen LogP contribution in [0.3, 0.4) is 0 Å². The Morgan fingerprint density at radius 2 is 0.361 bits per heavy atom. The van der Waals surface area contributed by atoms with Gasteiger partial charge in [-0.2, -0.15) is 13.8 Å². The topological polar surface area (TPSA) is 112 Å². The molecule has 10 heteroatoms. The average Bonchev–Trinajstić information content (AvgIpc) is 3.20. The van der Waals surface area contributed by atoms with Gasteiger partial charge in [0, 0.05) is 58.7 Å². The molecule has 0 unspecified atom stereocenters.